The van der Waals surface area contributed by atoms with Crippen LogP contribution in [0.2, 0.25) is 0 Å². The highest BCUT2D eigenvalue weighted by atomic mass is 16.3. The molecule has 1 aliphatic rings. The molecule has 1 aromatic rings. The summed E-state index contributed by atoms with van der Waals surface area (Å²) in [6.45, 7) is 2.09. The molecule has 2 rings (SSSR count). The van der Waals surface area contributed by atoms with Gasteiger partial charge in [-0.1, -0.05) is 11.6 Å². The summed E-state index contributed by atoms with van der Waals surface area (Å²) in [7, 11) is 0. The SMILES string of the molecule is CC1=c2cccnc2=C(O)CC1. The van der Waals surface area contributed by atoms with E-state index >= 15 is 0 Å². The van der Waals surface area contributed by atoms with Crippen LogP contribution in [-0.2, 0) is 0 Å². The number of rotatable bonds is 0. The first-order valence-corrected chi connectivity index (χ1v) is 4.12. The number of fused-ring (bicyclic) bond motifs is 1. The molecule has 1 aromatic heterocycles. The van der Waals surface area contributed by atoms with Gasteiger partial charge in [0.05, 0.1) is 0 Å². The van der Waals surface area contributed by atoms with Crippen molar-refractivity contribution in [1.82, 2.24) is 4.98 Å². The van der Waals surface area contributed by atoms with Crippen LogP contribution < -0.4 is 10.6 Å². The molecule has 1 N–H and O–H groups in total. The van der Waals surface area contributed by atoms with Crippen LogP contribution in [0.5, 0.6) is 0 Å². The molecule has 62 valence electrons. The normalized spacial score (nSPS) is 16.1. The number of hydrogen-bond acceptors (Lipinski definition) is 2. The van der Waals surface area contributed by atoms with E-state index < -0.39 is 0 Å². The summed E-state index contributed by atoms with van der Waals surface area (Å²) in [4.78, 5) is 4.14. The van der Waals surface area contributed by atoms with Crippen molar-refractivity contribution < 1.29 is 5.11 Å². The average molecular weight is 161 g/mol. The zero-order chi connectivity index (χ0) is 8.55. The van der Waals surface area contributed by atoms with Gasteiger partial charge in [0.2, 0.25) is 0 Å². The number of nitrogens with zero attached hydrogens (tertiary/aromatic N) is 1. The van der Waals surface area contributed by atoms with Crippen LogP contribution in [0.1, 0.15) is 19.8 Å². The predicted octanol–water partition coefficient (Wildman–Crippen LogP) is 0.712. The Kier molecular flexibility index (Phi) is 1.61. The molecular formula is C10H11NO. The van der Waals surface area contributed by atoms with E-state index in [-0.39, 0.29) is 0 Å². The summed E-state index contributed by atoms with van der Waals surface area (Å²) >= 11 is 0. The Morgan fingerprint density at radius 1 is 1.42 bits per heavy atom. The molecular weight excluding hydrogens is 150 g/mol. The highest BCUT2D eigenvalue weighted by molar-refractivity contribution is 5.50. The van der Waals surface area contributed by atoms with E-state index in [1.807, 2.05) is 12.1 Å². The van der Waals surface area contributed by atoms with Gasteiger partial charge in [-0.3, -0.25) is 4.98 Å². The summed E-state index contributed by atoms with van der Waals surface area (Å²) in [5.74, 6) is 0.427. The van der Waals surface area contributed by atoms with Gasteiger partial charge in [0.1, 0.15) is 11.1 Å². The van der Waals surface area contributed by atoms with Crippen LogP contribution in [0.15, 0.2) is 18.3 Å². The third-order valence-electron chi connectivity index (χ3n) is 2.28. The highest BCUT2D eigenvalue weighted by Gasteiger charge is 2.06. The van der Waals surface area contributed by atoms with Gasteiger partial charge in [-0.2, -0.15) is 0 Å². The Balaban J connectivity index is 2.95. The summed E-state index contributed by atoms with van der Waals surface area (Å²) in [5.41, 5.74) is 1.32. The maximum Gasteiger partial charge on any atom is 0.119 e. The van der Waals surface area contributed by atoms with E-state index in [0.717, 1.165) is 23.4 Å². The maximum atomic E-state index is 9.52. The third kappa shape index (κ3) is 0.998. The van der Waals surface area contributed by atoms with Gasteiger partial charge < -0.3 is 5.11 Å². The van der Waals surface area contributed by atoms with E-state index in [4.69, 9.17) is 0 Å². The Bertz CT molecular complexity index is 379. The van der Waals surface area contributed by atoms with Crippen LogP contribution in [0.3, 0.4) is 0 Å². The van der Waals surface area contributed by atoms with Crippen LogP contribution in [0.4, 0.5) is 0 Å². The predicted molar refractivity (Wildman–Crippen MR) is 47.8 cm³/mol. The number of aromatic nitrogens is 1. The maximum absolute atomic E-state index is 9.52. The number of aliphatic hydroxyl groups excluding tert-OH is 1. The van der Waals surface area contributed by atoms with Crippen LogP contribution in [-0.4, -0.2) is 10.1 Å². The lowest BCUT2D eigenvalue weighted by Crippen LogP contribution is -2.34. The largest absolute Gasteiger partial charge is 0.510 e. The molecule has 12 heavy (non-hydrogen) atoms. The molecule has 1 aliphatic carbocycles. The van der Waals surface area contributed by atoms with Gasteiger partial charge in [0.25, 0.3) is 0 Å². The molecule has 0 bridgehead atoms. The van der Waals surface area contributed by atoms with Gasteiger partial charge >= 0.3 is 0 Å². The summed E-state index contributed by atoms with van der Waals surface area (Å²) in [6.07, 6.45) is 3.40. The standard InChI is InChI=1S/C10H11NO/c1-7-4-5-9(12)10-8(7)3-2-6-11-10/h2-3,6,12H,4-5H2,1H3. The average Bonchev–Trinajstić information content (AvgIpc) is 2.12. The number of hydrogen-bond donors (Lipinski definition) is 1. The summed E-state index contributed by atoms with van der Waals surface area (Å²) < 4.78 is 0. The van der Waals surface area contributed by atoms with Gasteiger partial charge in [-0.25, -0.2) is 0 Å². The molecule has 2 heteroatoms. The van der Waals surface area contributed by atoms with E-state index in [1.165, 1.54) is 5.57 Å². The molecule has 0 amide bonds. The van der Waals surface area contributed by atoms with Gasteiger partial charge in [0, 0.05) is 17.8 Å². The highest BCUT2D eigenvalue weighted by Crippen LogP contribution is 2.10. The zero-order valence-corrected chi connectivity index (χ0v) is 7.04. The van der Waals surface area contributed by atoms with Gasteiger partial charge in [-0.05, 0) is 19.4 Å². The quantitative estimate of drug-likeness (QED) is 0.608. The fourth-order valence-electron chi connectivity index (χ4n) is 1.54. The van der Waals surface area contributed by atoms with Crippen LogP contribution in [0, 0.1) is 0 Å². The number of pyridine rings is 1. The Morgan fingerprint density at radius 2 is 2.25 bits per heavy atom. The molecule has 2 nitrogen and oxygen atoms in total. The molecule has 0 aliphatic heterocycles. The van der Waals surface area contributed by atoms with E-state index in [9.17, 15) is 5.11 Å². The van der Waals surface area contributed by atoms with Crippen molar-refractivity contribution in [3.8, 4) is 0 Å². The summed E-state index contributed by atoms with van der Waals surface area (Å²) in [5, 5.41) is 11.4. The Hall–Kier alpha value is -1.31. The van der Waals surface area contributed by atoms with Crippen molar-refractivity contribution in [2.24, 2.45) is 0 Å². The Labute approximate surface area is 70.9 Å². The fraction of sp³-hybridized carbons (Fsp3) is 0.300. The lowest BCUT2D eigenvalue weighted by molar-refractivity contribution is 0.474. The molecule has 0 saturated carbocycles. The van der Waals surface area contributed by atoms with E-state index in [2.05, 4.69) is 11.9 Å². The number of aliphatic hydroxyl groups is 1. The second kappa shape index (κ2) is 2.63. The van der Waals surface area contributed by atoms with Crippen LogP contribution >= 0.6 is 0 Å². The lowest BCUT2D eigenvalue weighted by atomic mass is 10.0. The minimum Gasteiger partial charge on any atom is -0.510 e. The first-order chi connectivity index (χ1) is 5.79. The lowest BCUT2D eigenvalue weighted by Gasteiger charge is -2.07. The first kappa shape index (κ1) is 7.35. The molecule has 0 atom stereocenters. The van der Waals surface area contributed by atoms with Crippen molar-refractivity contribution in [2.45, 2.75) is 19.8 Å². The molecule has 0 aromatic carbocycles. The minimum atomic E-state index is 0.427. The molecule has 0 unspecified atom stereocenters. The monoisotopic (exact) mass is 161 g/mol. The van der Waals surface area contributed by atoms with Crippen molar-refractivity contribution in [3.05, 3.63) is 28.9 Å². The van der Waals surface area contributed by atoms with Crippen molar-refractivity contribution >= 4 is 11.3 Å². The van der Waals surface area contributed by atoms with E-state index in [0.29, 0.717) is 5.76 Å². The topological polar surface area (TPSA) is 33.1 Å². The Morgan fingerprint density at radius 3 is 3.00 bits per heavy atom. The third-order valence-corrected chi connectivity index (χ3v) is 2.28. The minimum absolute atomic E-state index is 0.427. The first-order valence-electron chi connectivity index (χ1n) is 4.12. The fourth-order valence-corrected chi connectivity index (χ4v) is 1.54. The van der Waals surface area contributed by atoms with Crippen molar-refractivity contribution in [2.75, 3.05) is 0 Å². The van der Waals surface area contributed by atoms with Crippen molar-refractivity contribution in [1.29, 1.82) is 0 Å². The second-order valence-electron chi connectivity index (χ2n) is 3.13. The molecule has 0 fully saturated rings. The molecule has 0 radical (unpaired) electrons. The van der Waals surface area contributed by atoms with Gasteiger partial charge in [-0.15, -0.1) is 0 Å². The molecule has 0 spiro atoms. The zero-order valence-electron chi connectivity index (χ0n) is 7.04. The molecule has 0 saturated heterocycles. The summed E-state index contributed by atoms with van der Waals surface area (Å²) in [6, 6.07) is 3.91. The second-order valence-corrected chi connectivity index (χ2v) is 3.13. The van der Waals surface area contributed by atoms with Crippen LogP contribution in [0.25, 0.3) is 11.3 Å². The van der Waals surface area contributed by atoms with Gasteiger partial charge in [0.15, 0.2) is 0 Å². The van der Waals surface area contributed by atoms with Crippen molar-refractivity contribution in [3.63, 3.8) is 0 Å². The molecule has 1 heterocycles. The van der Waals surface area contributed by atoms with E-state index in [1.54, 1.807) is 6.20 Å². The smallest absolute Gasteiger partial charge is 0.119 e.